The van der Waals surface area contributed by atoms with Crippen LogP contribution in [0.15, 0.2) is 42.5 Å². The molecule has 108 valence electrons. The van der Waals surface area contributed by atoms with E-state index in [1.54, 1.807) is 25.1 Å². The van der Waals surface area contributed by atoms with Gasteiger partial charge in [-0.15, -0.1) is 0 Å². The quantitative estimate of drug-likeness (QED) is 0.912. The summed E-state index contributed by atoms with van der Waals surface area (Å²) in [5.41, 5.74) is 1.49. The number of nitrogens with one attached hydrogen (secondary N) is 1. The number of hydrogen-bond donors (Lipinski definition) is 1. The van der Waals surface area contributed by atoms with Crippen molar-refractivity contribution >= 4 is 0 Å². The highest BCUT2D eigenvalue weighted by Crippen LogP contribution is 2.24. The normalized spacial score (nSPS) is 13.5. The van der Waals surface area contributed by atoms with Crippen molar-refractivity contribution in [3.8, 4) is 6.07 Å². The summed E-state index contributed by atoms with van der Waals surface area (Å²) in [5.74, 6) is -1.12. The van der Waals surface area contributed by atoms with Crippen LogP contribution in [-0.4, -0.2) is 0 Å². The summed E-state index contributed by atoms with van der Waals surface area (Å²) in [5, 5.41) is 12.1. The third kappa shape index (κ3) is 3.45. The molecule has 0 radical (unpaired) electrons. The predicted octanol–water partition coefficient (Wildman–Crippen LogP) is 4.25. The maximum Gasteiger partial charge on any atom is 0.130 e. The van der Waals surface area contributed by atoms with Crippen molar-refractivity contribution in [2.75, 3.05) is 0 Å². The molecule has 0 aromatic heterocycles. The molecule has 0 aliphatic rings. The Morgan fingerprint density at radius 3 is 2.24 bits per heavy atom. The van der Waals surface area contributed by atoms with E-state index in [-0.39, 0.29) is 11.6 Å². The Morgan fingerprint density at radius 1 is 1.00 bits per heavy atom. The number of nitrogens with zero attached hydrogens (tertiary/aromatic N) is 1. The molecule has 4 heteroatoms. The summed E-state index contributed by atoms with van der Waals surface area (Å²) >= 11 is 0. The molecule has 0 aliphatic heterocycles. The van der Waals surface area contributed by atoms with Crippen LogP contribution in [0.25, 0.3) is 0 Å². The maximum atomic E-state index is 13.7. The fourth-order valence-corrected chi connectivity index (χ4v) is 2.36. The van der Waals surface area contributed by atoms with E-state index in [1.807, 2.05) is 13.0 Å². The lowest BCUT2D eigenvalue weighted by molar-refractivity contribution is 0.450. The third-order valence-corrected chi connectivity index (χ3v) is 3.45. The lowest BCUT2D eigenvalue weighted by Crippen LogP contribution is -2.24. The molecular formula is C17H16F2N2. The molecule has 0 heterocycles. The Kier molecular flexibility index (Phi) is 4.66. The topological polar surface area (TPSA) is 35.8 Å². The molecule has 1 N–H and O–H groups in total. The number of rotatable bonds is 4. The first-order valence-electron chi connectivity index (χ1n) is 6.73. The zero-order chi connectivity index (χ0) is 15.4. The highest BCUT2D eigenvalue weighted by Gasteiger charge is 2.18. The summed E-state index contributed by atoms with van der Waals surface area (Å²) in [7, 11) is 0. The summed E-state index contributed by atoms with van der Waals surface area (Å²) in [6.45, 7) is 3.61. The molecule has 2 aromatic carbocycles. The van der Waals surface area contributed by atoms with Gasteiger partial charge in [-0.2, -0.15) is 5.26 Å². The fourth-order valence-electron chi connectivity index (χ4n) is 2.36. The number of benzene rings is 2. The molecule has 21 heavy (non-hydrogen) atoms. The monoisotopic (exact) mass is 286 g/mol. The summed E-state index contributed by atoms with van der Waals surface area (Å²) < 4.78 is 27.5. The van der Waals surface area contributed by atoms with Crippen LogP contribution in [0.1, 0.15) is 42.6 Å². The van der Waals surface area contributed by atoms with Gasteiger partial charge >= 0.3 is 0 Å². The standard InChI is InChI=1S/C17H16F2N2/c1-11(14-6-3-5-13(9-14)10-20)21-12(2)17-15(18)7-4-8-16(17)19/h3-9,11-12,21H,1-2H3. The lowest BCUT2D eigenvalue weighted by Gasteiger charge is -2.21. The van der Waals surface area contributed by atoms with Gasteiger partial charge in [0.2, 0.25) is 0 Å². The van der Waals surface area contributed by atoms with Crippen molar-refractivity contribution in [1.82, 2.24) is 5.32 Å². The van der Waals surface area contributed by atoms with Crippen LogP contribution in [-0.2, 0) is 0 Å². The van der Waals surface area contributed by atoms with Crippen LogP contribution in [0.4, 0.5) is 8.78 Å². The second-order valence-electron chi connectivity index (χ2n) is 4.98. The van der Waals surface area contributed by atoms with Crippen molar-refractivity contribution in [2.24, 2.45) is 0 Å². The van der Waals surface area contributed by atoms with Gasteiger partial charge in [0.25, 0.3) is 0 Å². The van der Waals surface area contributed by atoms with Crippen LogP contribution in [0.5, 0.6) is 0 Å². The van der Waals surface area contributed by atoms with Gasteiger partial charge in [-0.1, -0.05) is 18.2 Å². The second-order valence-corrected chi connectivity index (χ2v) is 4.98. The highest BCUT2D eigenvalue weighted by atomic mass is 19.1. The molecule has 0 fully saturated rings. The average molecular weight is 286 g/mol. The summed E-state index contributed by atoms with van der Waals surface area (Å²) in [6, 6.07) is 12.5. The van der Waals surface area contributed by atoms with E-state index in [2.05, 4.69) is 11.4 Å². The molecule has 0 aliphatic carbocycles. The lowest BCUT2D eigenvalue weighted by atomic mass is 10.0. The zero-order valence-electron chi connectivity index (χ0n) is 11.9. The Bertz CT molecular complexity index is 656. The van der Waals surface area contributed by atoms with Crippen LogP contribution >= 0.6 is 0 Å². The van der Waals surface area contributed by atoms with E-state index in [1.165, 1.54) is 18.2 Å². The first kappa shape index (κ1) is 15.1. The smallest absolute Gasteiger partial charge is 0.130 e. The van der Waals surface area contributed by atoms with Crippen molar-refractivity contribution in [1.29, 1.82) is 5.26 Å². The molecule has 0 bridgehead atoms. The Labute approximate surface area is 123 Å². The molecule has 0 spiro atoms. The number of hydrogen-bond acceptors (Lipinski definition) is 2. The summed E-state index contributed by atoms with van der Waals surface area (Å²) in [4.78, 5) is 0. The van der Waals surface area contributed by atoms with Crippen LogP contribution in [0.2, 0.25) is 0 Å². The van der Waals surface area contributed by atoms with Crippen LogP contribution in [0, 0.1) is 23.0 Å². The Morgan fingerprint density at radius 2 is 1.62 bits per heavy atom. The third-order valence-electron chi connectivity index (χ3n) is 3.45. The molecule has 2 unspecified atom stereocenters. The van der Waals surface area contributed by atoms with Gasteiger partial charge in [-0.3, -0.25) is 0 Å². The van der Waals surface area contributed by atoms with Gasteiger partial charge in [0, 0.05) is 17.6 Å². The van der Waals surface area contributed by atoms with Crippen molar-refractivity contribution in [3.63, 3.8) is 0 Å². The van der Waals surface area contributed by atoms with E-state index in [0.717, 1.165) is 5.56 Å². The van der Waals surface area contributed by atoms with Crippen molar-refractivity contribution in [2.45, 2.75) is 25.9 Å². The van der Waals surface area contributed by atoms with E-state index >= 15 is 0 Å². The molecule has 0 amide bonds. The van der Waals surface area contributed by atoms with Gasteiger partial charge in [0.05, 0.1) is 11.6 Å². The fraction of sp³-hybridized carbons (Fsp3) is 0.235. The number of halogens is 2. The molecule has 2 rings (SSSR count). The molecule has 2 aromatic rings. The minimum Gasteiger partial charge on any atom is -0.303 e. The molecule has 0 saturated heterocycles. The van der Waals surface area contributed by atoms with Crippen molar-refractivity contribution < 1.29 is 8.78 Å². The largest absolute Gasteiger partial charge is 0.303 e. The predicted molar refractivity (Wildman–Crippen MR) is 77.5 cm³/mol. The van der Waals surface area contributed by atoms with E-state index in [4.69, 9.17) is 5.26 Å². The van der Waals surface area contributed by atoms with Gasteiger partial charge in [0.15, 0.2) is 0 Å². The van der Waals surface area contributed by atoms with Crippen LogP contribution in [0.3, 0.4) is 0 Å². The second kappa shape index (κ2) is 6.47. The minimum absolute atomic E-state index is 0.0285. The first-order valence-corrected chi connectivity index (χ1v) is 6.73. The zero-order valence-corrected chi connectivity index (χ0v) is 11.9. The maximum absolute atomic E-state index is 13.7. The molecular weight excluding hydrogens is 270 g/mol. The van der Waals surface area contributed by atoms with E-state index in [0.29, 0.717) is 5.56 Å². The van der Waals surface area contributed by atoms with Gasteiger partial charge < -0.3 is 5.32 Å². The SMILES string of the molecule is CC(NC(C)c1c(F)cccc1F)c1cccc(C#N)c1. The van der Waals surface area contributed by atoms with Gasteiger partial charge in [0.1, 0.15) is 11.6 Å². The molecule has 2 atom stereocenters. The van der Waals surface area contributed by atoms with E-state index < -0.39 is 17.7 Å². The molecule has 2 nitrogen and oxygen atoms in total. The Balaban J connectivity index is 2.19. The first-order chi connectivity index (χ1) is 10.0. The minimum atomic E-state index is -0.562. The van der Waals surface area contributed by atoms with Gasteiger partial charge in [-0.05, 0) is 43.7 Å². The summed E-state index contributed by atoms with van der Waals surface area (Å²) in [6.07, 6.45) is 0. The highest BCUT2D eigenvalue weighted by molar-refractivity contribution is 5.34. The van der Waals surface area contributed by atoms with Crippen molar-refractivity contribution in [3.05, 3.63) is 70.8 Å². The van der Waals surface area contributed by atoms with E-state index in [9.17, 15) is 8.78 Å². The van der Waals surface area contributed by atoms with Crippen LogP contribution < -0.4 is 5.32 Å². The molecule has 0 saturated carbocycles. The van der Waals surface area contributed by atoms with Gasteiger partial charge in [-0.25, -0.2) is 8.78 Å². The Hall–Kier alpha value is -2.25. The average Bonchev–Trinajstić information content (AvgIpc) is 2.47. The number of nitriles is 1.